The Morgan fingerprint density at radius 3 is 1.79 bits per heavy atom. The second kappa shape index (κ2) is 12.5. The lowest BCUT2D eigenvalue weighted by molar-refractivity contribution is -0.136. The molecule has 164 valence electrons. The van der Waals surface area contributed by atoms with E-state index in [2.05, 4.69) is 26.1 Å². The zero-order chi connectivity index (χ0) is 22.8. The highest BCUT2D eigenvalue weighted by Crippen LogP contribution is 2.14. The molecule has 0 radical (unpaired) electrons. The van der Waals surface area contributed by atoms with Gasteiger partial charge in [-0.1, -0.05) is 40.7 Å². The zero-order valence-corrected chi connectivity index (χ0v) is 19.6. The van der Waals surface area contributed by atoms with Crippen molar-refractivity contribution in [3.05, 3.63) is 11.6 Å². The Labute approximate surface area is 171 Å². The Kier molecular flexibility index (Phi) is 12.7. The first-order valence-electron chi connectivity index (χ1n) is 9.68. The van der Waals surface area contributed by atoms with Gasteiger partial charge in [0.05, 0.1) is 18.1 Å². The van der Waals surface area contributed by atoms with Crippen LogP contribution >= 0.6 is 0 Å². The Balaban J connectivity index is 0. The molecule has 0 aromatic heterocycles. The normalized spacial score (nSPS) is 13.1. The lowest BCUT2D eigenvalue weighted by atomic mass is 10.00. The van der Waals surface area contributed by atoms with Gasteiger partial charge in [-0.2, -0.15) is 0 Å². The first-order valence-corrected chi connectivity index (χ1v) is 9.68. The molecule has 0 saturated carbocycles. The Bertz CT molecular complexity index is 549. The number of carbonyl (C=O) groups is 3. The summed E-state index contributed by atoms with van der Waals surface area (Å²) in [4.78, 5) is 38.8. The van der Waals surface area contributed by atoms with Crippen molar-refractivity contribution in [3.8, 4) is 0 Å². The van der Waals surface area contributed by atoms with Crippen LogP contribution in [0.2, 0.25) is 0 Å². The molecule has 28 heavy (non-hydrogen) atoms. The fourth-order valence-electron chi connectivity index (χ4n) is 1.95. The number of nitrogens with zero attached hydrogens (tertiary/aromatic N) is 2. The van der Waals surface area contributed by atoms with Crippen LogP contribution in [0.3, 0.4) is 0 Å². The van der Waals surface area contributed by atoms with Gasteiger partial charge in [0.2, 0.25) is 11.8 Å². The van der Waals surface area contributed by atoms with E-state index in [0.717, 1.165) is 5.92 Å². The number of carboxylic acids is 1. The highest BCUT2D eigenvalue weighted by atomic mass is 16.4. The average molecular weight is 400 g/mol. The number of amides is 2. The minimum Gasteiger partial charge on any atom is -0.478 e. The average Bonchev–Trinajstić information content (AvgIpc) is 2.54. The van der Waals surface area contributed by atoms with Crippen molar-refractivity contribution < 1.29 is 19.5 Å². The summed E-state index contributed by atoms with van der Waals surface area (Å²) in [6, 6.07) is -0.354. The standard InChI is InChI=1S/C17H31N3O4.C4H10/c1-11(2)13(9-12(3)15(22)23)20(8)14(21)10-18-16(24)17(4,5)19(6)7;1-4(2)3/h9,11,13H,10H2,1-8H3,(H,18,24)(H,22,23);4H,1-3H3/b12-9+;/t13-;/m1./s1. The molecule has 0 aromatic carbocycles. The quantitative estimate of drug-likeness (QED) is 0.613. The van der Waals surface area contributed by atoms with Gasteiger partial charge in [0.1, 0.15) is 0 Å². The fourth-order valence-corrected chi connectivity index (χ4v) is 1.95. The monoisotopic (exact) mass is 399 g/mol. The molecule has 0 fully saturated rings. The second-order valence-electron chi connectivity index (χ2n) is 8.76. The van der Waals surface area contributed by atoms with Gasteiger partial charge >= 0.3 is 5.97 Å². The molecule has 0 spiro atoms. The van der Waals surface area contributed by atoms with Crippen LogP contribution in [0.4, 0.5) is 0 Å². The maximum atomic E-state index is 12.4. The summed E-state index contributed by atoms with van der Waals surface area (Å²) in [5.41, 5.74) is -0.540. The number of carboxylic acid groups (broad SMARTS) is 1. The maximum absolute atomic E-state index is 12.4. The number of aliphatic carboxylic acids is 1. The molecule has 0 unspecified atom stereocenters. The van der Waals surface area contributed by atoms with E-state index in [1.54, 1.807) is 46.0 Å². The third kappa shape index (κ3) is 10.4. The van der Waals surface area contributed by atoms with Crippen LogP contribution in [0.25, 0.3) is 0 Å². The zero-order valence-electron chi connectivity index (χ0n) is 19.6. The minimum absolute atomic E-state index is 0.0437. The number of nitrogens with one attached hydrogen (secondary N) is 1. The molecule has 0 aliphatic carbocycles. The smallest absolute Gasteiger partial charge is 0.331 e. The van der Waals surface area contributed by atoms with E-state index in [-0.39, 0.29) is 35.9 Å². The molecule has 0 saturated heterocycles. The first kappa shape index (κ1) is 28.3. The summed E-state index contributed by atoms with van der Waals surface area (Å²) in [5.74, 6) is -0.650. The van der Waals surface area contributed by atoms with Crippen LogP contribution < -0.4 is 5.32 Å². The van der Waals surface area contributed by atoms with Gasteiger partial charge in [-0.3, -0.25) is 14.5 Å². The molecule has 0 aliphatic heterocycles. The predicted molar refractivity (Wildman–Crippen MR) is 114 cm³/mol. The topological polar surface area (TPSA) is 90.0 Å². The van der Waals surface area contributed by atoms with E-state index >= 15 is 0 Å². The van der Waals surface area contributed by atoms with Crippen LogP contribution in [0.5, 0.6) is 0 Å². The molecular weight excluding hydrogens is 358 g/mol. The lowest BCUT2D eigenvalue weighted by Crippen LogP contribution is -2.54. The number of carbonyl (C=O) groups excluding carboxylic acids is 2. The van der Waals surface area contributed by atoms with Crippen molar-refractivity contribution in [2.45, 2.75) is 67.0 Å². The summed E-state index contributed by atoms with van der Waals surface area (Å²) in [7, 11) is 5.20. The van der Waals surface area contributed by atoms with Crippen LogP contribution in [0.15, 0.2) is 11.6 Å². The van der Waals surface area contributed by atoms with Crippen LogP contribution in [0, 0.1) is 11.8 Å². The van der Waals surface area contributed by atoms with Crippen molar-refractivity contribution in [2.75, 3.05) is 27.7 Å². The molecule has 2 amide bonds. The van der Waals surface area contributed by atoms with Crippen molar-refractivity contribution in [1.29, 1.82) is 0 Å². The third-order valence-corrected chi connectivity index (χ3v) is 4.36. The summed E-state index contributed by atoms with van der Waals surface area (Å²) in [6.45, 7) is 15.2. The van der Waals surface area contributed by atoms with E-state index in [9.17, 15) is 14.4 Å². The molecule has 0 bridgehead atoms. The molecule has 2 N–H and O–H groups in total. The van der Waals surface area contributed by atoms with E-state index in [4.69, 9.17) is 5.11 Å². The largest absolute Gasteiger partial charge is 0.478 e. The molecule has 0 heterocycles. The third-order valence-electron chi connectivity index (χ3n) is 4.36. The van der Waals surface area contributed by atoms with Crippen molar-refractivity contribution in [1.82, 2.24) is 15.1 Å². The van der Waals surface area contributed by atoms with Gasteiger partial charge in [-0.15, -0.1) is 0 Å². The summed E-state index contributed by atoms with van der Waals surface area (Å²) in [5, 5.41) is 11.7. The molecule has 0 aromatic rings. The fraction of sp³-hybridized carbons (Fsp3) is 0.762. The second-order valence-corrected chi connectivity index (χ2v) is 8.76. The molecule has 7 heteroatoms. The molecule has 0 aliphatic rings. The molecular formula is C21H41N3O4. The Hall–Kier alpha value is -1.89. The molecule has 0 rings (SSSR count). The number of rotatable bonds is 8. The van der Waals surface area contributed by atoms with Gasteiger partial charge in [-0.25, -0.2) is 4.79 Å². The Morgan fingerprint density at radius 1 is 1.04 bits per heavy atom. The first-order chi connectivity index (χ1) is 12.5. The van der Waals surface area contributed by atoms with Gasteiger partial charge in [0.15, 0.2) is 0 Å². The summed E-state index contributed by atoms with van der Waals surface area (Å²) >= 11 is 0. The van der Waals surface area contributed by atoms with E-state index in [1.807, 2.05) is 13.8 Å². The van der Waals surface area contributed by atoms with Crippen LogP contribution in [-0.2, 0) is 14.4 Å². The number of likely N-dealkylation sites (N-methyl/N-ethyl adjacent to an activating group) is 2. The van der Waals surface area contributed by atoms with Gasteiger partial charge in [0.25, 0.3) is 0 Å². The molecule has 1 atom stereocenters. The van der Waals surface area contributed by atoms with E-state index in [0.29, 0.717) is 0 Å². The van der Waals surface area contributed by atoms with Crippen molar-refractivity contribution in [3.63, 3.8) is 0 Å². The van der Waals surface area contributed by atoms with Crippen LogP contribution in [-0.4, -0.2) is 72.0 Å². The van der Waals surface area contributed by atoms with E-state index < -0.39 is 11.5 Å². The summed E-state index contributed by atoms with van der Waals surface area (Å²) in [6.07, 6.45) is 1.57. The highest BCUT2D eigenvalue weighted by Gasteiger charge is 2.30. The SMILES string of the molecule is C/C(=C\[C@H](C(C)C)N(C)C(=O)CNC(=O)C(C)(C)N(C)C)C(=O)O.CC(C)C. The Morgan fingerprint density at radius 2 is 1.46 bits per heavy atom. The lowest BCUT2D eigenvalue weighted by Gasteiger charge is -2.32. The van der Waals surface area contributed by atoms with Gasteiger partial charge in [0, 0.05) is 12.6 Å². The highest BCUT2D eigenvalue weighted by molar-refractivity contribution is 5.90. The number of hydrogen-bond acceptors (Lipinski definition) is 4. The molecule has 7 nitrogen and oxygen atoms in total. The van der Waals surface area contributed by atoms with Crippen molar-refractivity contribution >= 4 is 17.8 Å². The van der Waals surface area contributed by atoms with Crippen LogP contribution in [0.1, 0.15) is 55.4 Å². The summed E-state index contributed by atoms with van der Waals surface area (Å²) < 4.78 is 0. The maximum Gasteiger partial charge on any atom is 0.331 e. The van der Waals surface area contributed by atoms with Crippen molar-refractivity contribution in [2.24, 2.45) is 11.8 Å². The van der Waals surface area contributed by atoms with Gasteiger partial charge < -0.3 is 15.3 Å². The predicted octanol–water partition coefficient (Wildman–Crippen LogP) is 2.62. The minimum atomic E-state index is -1.01. The van der Waals surface area contributed by atoms with E-state index in [1.165, 1.54) is 11.8 Å². The number of hydrogen-bond donors (Lipinski definition) is 2. The van der Waals surface area contributed by atoms with Gasteiger partial charge in [-0.05, 0) is 46.7 Å².